The average molecular weight is 352 g/mol. The third-order valence-corrected chi connectivity index (χ3v) is 4.41. The van der Waals surface area contributed by atoms with Crippen molar-refractivity contribution in [3.63, 3.8) is 0 Å². The largest absolute Gasteiger partial charge is 0.487 e. The van der Waals surface area contributed by atoms with Crippen LogP contribution in [0.2, 0.25) is 0 Å². The number of ketones is 1. The van der Waals surface area contributed by atoms with E-state index in [-0.39, 0.29) is 23.6 Å². The smallest absolute Gasteiger partial charge is 0.408 e. The first-order chi connectivity index (χ1) is 11.7. The van der Waals surface area contributed by atoms with Crippen LogP contribution in [0.4, 0.5) is 13.2 Å². The summed E-state index contributed by atoms with van der Waals surface area (Å²) in [6.07, 6.45) is -3.50. The molecule has 0 bridgehead atoms. The van der Waals surface area contributed by atoms with Gasteiger partial charge in [-0.15, -0.1) is 0 Å². The number of fused-ring (bicyclic) bond motifs is 1. The van der Waals surface area contributed by atoms with Crippen molar-refractivity contribution in [1.29, 1.82) is 0 Å². The Kier molecular flexibility index (Phi) is 4.34. The van der Waals surface area contributed by atoms with Crippen molar-refractivity contribution >= 4 is 5.78 Å². The fourth-order valence-electron chi connectivity index (χ4n) is 3.02. The number of rotatable bonds is 4. The minimum Gasteiger partial charge on any atom is -0.487 e. The van der Waals surface area contributed by atoms with E-state index in [1.54, 1.807) is 38.1 Å². The van der Waals surface area contributed by atoms with Crippen LogP contribution in [-0.2, 0) is 19.6 Å². The van der Waals surface area contributed by atoms with Gasteiger partial charge < -0.3 is 4.74 Å². The molecule has 0 saturated heterocycles. The summed E-state index contributed by atoms with van der Waals surface area (Å²) in [5.74, 6) is 0.401. The molecule has 0 spiro atoms. The van der Waals surface area contributed by atoms with Gasteiger partial charge in [0.25, 0.3) is 0 Å². The van der Waals surface area contributed by atoms with E-state index in [1.165, 1.54) is 0 Å². The summed E-state index contributed by atoms with van der Waals surface area (Å²) in [7, 11) is 0. The van der Waals surface area contributed by atoms with Crippen molar-refractivity contribution in [3.8, 4) is 5.75 Å². The maximum Gasteiger partial charge on any atom is 0.408 e. The van der Waals surface area contributed by atoms with E-state index >= 15 is 0 Å². The van der Waals surface area contributed by atoms with Gasteiger partial charge in [0, 0.05) is 5.41 Å². The molecule has 1 aromatic carbocycles. The lowest BCUT2D eigenvalue weighted by Crippen LogP contribution is -2.32. The molecule has 7 heteroatoms. The summed E-state index contributed by atoms with van der Waals surface area (Å²) < 4.78 is 45.0. The first-order valence-electron chi connectivity index (χ1n) is 8.05. The Morgan fingerprint density at radius 2 is 1.92 bits per heavy atom. The Balaban J connectivity index is 1.95. The Morgan fingerprint density at radius 1 is 1.24 bits per heavy atom. The molecule has 1 aliphatic rings. The molecular weight excluding hydrogens is 333 g/mol. The maximum absolute atomic E-state index is 12.8. The molecule has 0 fully saturated rings. The van der Waals surface area contributed by atoms with Gasteiger partial charge in [-0.2, -0.15) is 18.3 Å². The highest BCUT2D eigenvalue weighted by molar-refractivity contribution is 6.03. The normalized spacial score (nSPS) is 16.6. The summed E-state index contributed by atoms with van der Waals surface area (Å²) in [5, 5.41) is 4.06. The Labute approximate surface area is 143 Å². The average Bonchev–Trinajstić information content (AvgIpc) is 2.86. The van der Waals surface area contributed by atoms with Gasteiger partial charge in [-0.3, -0.25) is 9.48 Å². The maximum atomic E-state index is 12.8. The van der Waals surface area contributed by atoms with Crippen molar-refractivity contribution in [2.45, 2.75) is 46.0 Å². The summed E-state index contributed by atoms with van der Waals surface area (Å²) >= 11 is 0. The number of benzene rings is 1. The summed E-state index contributed by atoms with van der Waals surface area (Å²) in [6.45, 7) is 2.37. The molecule has 0 unspecified atom stereocenters. The number of hydrogen-bond acceptors (Lipinski definition) is 3. The second kappa shape index (κ2) is 6.20. The topological polar surface area (TPSA) is 44.1 Å². The van der Waals surface area contributed by atoms with Crippen LogP contribution in [0.15, 0.2) is 30.3 Å². The molecule has 2 aromatic rings. The Bertz CT molecular complexity index is 780. The van der Waals surface area contributed by atoms with Crippen LogP contribution in [0.1, 0.15) is 42.0 Å². The first kappa shape index (κ1) is 17.5. The van der Waals surface area contributed by atoms with E-state index in [0.29, 0.717) is 24.3 Å². The van der Waals surface area contributed by atoms with Gasteiger partial charge in [0.05, 0.1) is 11.3 Å². The number of aromatic nitrogens is 2. The zero-order chi connectivity index (χ0) is 18.2. The fourth-order valence-corrected chi connectivity index (χ4v) is 3.02. The molecule has 4 nitrogen and oxygen atoms in total. The van der Waals surface area contributed by atoms with Crippen molar-refractivity contribution < 1.29 is 22.7 Å². The molecule has 1 aromatic heterocycles. The molecule has 0 aliphatic heterocycles. The number of halogens is 3. The Hall–Kier alpha value is -2.31. The number of carbonyl (C=O) groups is 1. The molecule has 3 rings (SSSR count). The third kappa shape index (κ3) is 3.70. The third-order valence-electron chi connectivity index (χ3n) is 4.41. The molecule has 0 atom stereocenters. The van der Waals surface area contributed by atoms with E-state index < -0.39 is 18.1 Å². The van der Waals surface area contributed by atoms with E-state index in [2.05, 4.69) is 5.10 Å². The lowest BCUT2D eigenvalue weighted by atomic mass is 9.74. The van der Waals surface area contributed by atoms with Crippen LogP contribution in [-0.4, -0.2) is 21.7 Å². The highest BCUT2D eigenvalue weighted by Gasteiger charge is 2.40. The quantitative estimate of drug-likeness (QED) is 0.829. The van der Waals surface area contributed by atoms with Gasteiger partial charge in [0.1, 0.15) is 24.6 Å². The number of Topliss-reactive ketones (excluding diaryl/α,β-unsaturated/α-hetero) is 1. The van der Waals surface area contributed by atoms with Gasteiger partial charge in [-0.05, 0) is 25.0 Å². The zero-order valence-electron chi connectivity index (χ0n) is 14.1. The second-order valence-corrected chi connectivity index (χ2v) is 6.86. The molecule has 1 heterocycles. The van der Waals surface area contributed by atoms with E-state index in [0.717, 1.165) is 4.68 Å². The summed E-state index contributed by atoms with van der Waals surface area (Å²) in [5.41, 5.74) is 0.297. The monoisotopic (exact) mass is 352 g/mol. The van der Waals surface area contributed by atoms with Crippen molar-refractivity contribution in [3.05, 3.63) is 47.3 Å². The SMILES string of the molecule is CC1(C)CCc2c(c(COc3ccccc3)nn2CC(F)(F)F)C1=O. The number of nitrogens with zero attached hydrogens (tertiary/aromatic N) is 2. The molecule has 1 aliphatic carbocycles. The highest BCUT2D eigenvalue weighted by Crippen LogP contribution is 2.37. The van der Waals surface area contributed by atoms with E-state index in [1.807, 2.05) is 6.07 Å². The molecular formula is C18H19F3N2O2. The van der Waals surface area contributed by atoms with Crippen LogP contribution < -0.4 is 4.74 Å². The first-order valence-corrected chi connectivity index (χ1v) is 8.05. The number of alkyl halides is 3. The van der Waals surface area contributed by atoms with Gasteiger partial charge >= 0.3 is 6.18 Å². The molecule has 0 N–H and O–H groups in total. The van der Waals surface area contributed by atoms with Gasteiger partial charge in [0.2, 0.25) is 0 Å². The van der Waals surface area contributed by atoms with Crippen LogP contribution in [0.25, 0.3) is 0 Å². The predicted molar refractivity (Wildman–Crippen MR) is 85.5 cm³/mol. The molecule has 0 radical (unpaired) electrons. The van der Waals surface area contributed by atoms with Crippen molar-refractivity contribution in [2.75, 3.05) is 0 Å². The number of carbonyl (C=O) groups excluding carboxylic acids is 1. The lowest BCUT2D eigenvalue weighted by molar-refractivity contribution is -0.143. The molecule has 0 amide bonds. The van der Waals surface area contributed by atoms with Gasteiger partial charge in [-0.1, -0.05) is 32.0 Å². The lowest BCUT2D eigenvalue weighted by Gasteiger charge is -2.28. The van der Waals surface area contributed by atoms with Crippen molar-refractivity contribution in [1.82, 2.24) is 9.78 Å². The zero-order valence-corrected chi connectivity index (χ0v) is 14.1. The fraction of sp³-hybridized carbons (Fsp3) is 0.444. The van der Waals surface area contributed by atoms with Crippen LogP contribution in [0.5, 0.6) is 5.75 Å². The molecule has 25 heavy (non-hydrogen) atoms. The second-order valence-electron chi connectivity index (χ2n) is 6.86. The molecule has 134 valence electrons. The van der Waals surface area contributed by atoms with Gasteiger partial charge in [-0.25, -0.2) is 0 Å². The van der Waals surface area contributed by atoms with Crippen LogP contribution >= 0.6 is 0 Å². The van der Waals surface area contributed by atoms with Crippen LogP contribution in [0.3, 0.4) is 0 Å². The minimum absolute atomic E-state index is 0.0426. The van der Waals surface area contributed by atoms with Crippen LogP contribution in [0, 0.1) is 5.41 Å². The standard InChI is InChI=1S/C18H19F3N2O2/c1-17(2)9-8-14-15(16(17)24)13(22-23(14)11-18(19,20)21)10-25-12-6-4-3-5-7-12/h3-7H,8-11H2,1-2H3. The number of para-hydroxylation sites is 1. The molecule has 0 saturated carbocycles. The van der Waals surface area contributed by atoms with E-state index in [9.17, 15) is 18.0 Å². The van der Waals surface area contributed by atoms with Gasteiger partial charge in [0.15, 0.2) is 5.78 Å². The summed E-state index contributed by atoms with van der Waals surface area (Å²) in [6, 6.07) is 8.90. The van der Waals surface area contributed by atoms with E-state index in [4.69, 9.17) is 4.74 Å². The predicted octanol–water partition coefficient (Wildman–Crippen LogP) is 4.18. The highest BCUT2D eigenvalue weighted by atomic mass is 19.4. The van der Waals surface area contributed by atoms with Crippen molar-refractivity contribution in [2.24, 2.45) is 5.41 Å². The number of hydrogen-bond donors (Lipinski definition) is 0. The Morgan fingerprint density at radius 3 is 2.56 bits per heavy atom. The number of ether oxygens (including phenoxy) is 1. The summed E-state index contributed by atoms with van der Waals surface area (Å²) in [4.78, 5) is 12.8. The minimum atomic E-state index is -4.40.